The molecule has 0 nitrogen and oxygen atoms in total. The monoisotopic (exact) mass is 216 g/mol. The van der Waals surface area contributed by atoms with E-state index in [1.54, 1.807) is 0 Å². The van der Waals surface area contributed by atoms with Crippen LogP contribution in [0.4, 0.5) is 0 Å². The van der Waals surface area contributed by atoms with E-state index in [4.69, 9.17) is 0 Å². The minimum atomic E-state index is 1.20. The van der Waals surface area contributed by atoms with Crippen LogP contribution in [-0.2, 0) is 0 Å². The lowest BCUT2D eigenvalue weighted by Crippen LogP contribution is -1.89. The summed E-state index contributed by atoms with van der Waals surface area (Å²) in [7, 11) is 0. The Morgan fingerprint density at radius 2 is 1.88 bits per heavy atom. The zero-order valence-electron chi connectivity index (χ0n) is 10.9. The first-order chi connectivity index (χ1) is 7.79. The number of benzene rings is 1. The van der Waals surface area contributed by atoms with Crippen molar-refractivity contribution in [2.24, 2.45) is 0 Å². The van der Waals surface area contributed by atoms with E-state index in [2.05, 4.69) is 51.1 Å². The van der Waals surface area contributed by atoms with Gasteiger partial charge in [0.1, 0.15) is 0 Å². The zero-order valence-corrected chi connectivity index (χ0v) is 10.9. The highest BCUT2D eigenvalue weighted by Crippen LogP contribution is 2.24. The van der Waals surface area contributed by atoms with Crippen molar-refractivity contribution in [1.29, 1.82) is 0 Å². The van der Waals surface area contributed by atoms with E-state index in [1.807, 2.05) is 0 Å². The minimum Gasteiger partial charge on any atom is -0.0807 e. The molecule has 0 radical (unpaired) electrons. The molecule has 0 aliphatic rings. The number of allylic oxidation sites excluding steroid dienone is 2. The molecule has 0 amide bonds. The molecule has 0 heterocycles. The highest BCUT2D eigenvalue weighted by molar-refractivity contribution is 5.68. The highest BCUT2D eigenvalue weighted by Gasteiger charge is 2.02. The first kappa shape index (κ1) is 13.0. The van der Waals surface area contributed by atoms with Crippen molar-refractivity contribution in [3.8, 4) is 0 Å². The molecule has 0 unspecified atom stereocenters. The molecule has 0 spiro atoms. The van der Waals surface area contributed by atoms with Crippen molar-refractivity contribution in [3.05, 3.63) is 41.5 Å². The summed E-state index contributed by atoms with van der Waals surface area (Å²) in [5, 5.41) is 0. The highest BCUT2D eigenvalue weighted by atomic mass is 14.1. The number of unbranched alkanes of at least 4 members (excludes halogenated alkanes) is 2. The van der Waals surface area contributed by atoms with Crippen molar-refractivity contribution in [3.63, 3.8) is 0 Å². The first-order valence-electron chi connectivity index (χ1n) is 6.54. The predicted octanol–water partition coefficient (Wildman–Crippen LogP) is 5.37. The van der Waals surface area contributed by atoms with Gasteiger partial charge in [-0.2, -0.15) is 0 Å². The van der Waals surface area contributed by atoms with Crippen LogP contribution in [0.25, 0.3) is 5.57 Å². The third-order valence-corrected chi connectivity index (χ3v) is 2.96. The normalized spacial score (nSPS) is 11.8. The van der Waals surface area contributed by atoms with Crippen LogP contribution in [0.1, 0.15) is 57.1 Å². The Kier molecular flexibility index (Phi) is 5.92. The zero-order chi connectivity index (χ0) is 11.8. The smallest absolute Gasteiger partial charge is 0.0198 e. The van der Waals surface area contributed by atoms with Gasteiger partial charge in [-0.1, -0.05) is 63.5 Å². The van der Waals surface area contributed by atoms with Gasteiger partial charge < -0.3 is 0 Å². The summed E-state index contributed by atoms with van der Waals surface area (Å²) in [6.45, 7) is 6.71. The van der Waals surface area contributed by atoms with Crippen LogP contribution in [0.15, 0.2) is 30.3 Å². The van der Waals surface area contributed by atoms with Crippen LogP contribution in [-0.4, -0.2) is 0 Å². The van der Waals surface area contributed by atoms with Crippen molar-refractivity contribution in [2.45, 2.75) is 52.9 Å². The maximum atomic E-state index is 2.44. The van der Waals surface area contributed by atoms with E-state index in [0.29, 0.717) is 0 Å². The molecule has 0 heteroatoms. The van der Waals surface area contributed by atoms with Gasteiger partial charge in [0.05, 0.1) is 0 Å². The summed E-state index contributed by atoms with van der Waals surface area (Å²) < 4.78 is 0. The fraction of sp³-hybridized carbons (Fsp3) is 0.500. The van der Waals surface area contributed by atoms with E-state index in [1.165, 1.54) is 48.8 Å². The van der Waals surface area contributed by atoms with Crippen LogP contribution in [0.5, 0.6) is 0 Å². The third-order valence-electron chi connectivity index (χ3n) is 2.96. The number of aryl methyl sites for hydroxylation is 1. The Labute approximate surface area is 100 Å². The fourth-order valence-electron chi connectivity index (χ4n) is 2.03. The van der Waals surface area contributed by atoms with E-state index in [9.17, 15) is 0 Å². The lowest BCUT2D eigenvalue weighted by molar-refractivity contribution is 0.812. The second-order valence-electron chi connectivity index (χ2n) is 4.44. The van der Waals surface area contributed by atoms with Gasteiger partial charge in [-0.25, -0.2) is 0 Å². The molecule has 0 aliphatic carbocycles. The van der Waals surface area contributed by atoms with E-state index in [0.717, 1.165) is 0 Å². The molecule has 0 aromatic heterocycles. The molecule has 0 saturated carbocycles. The summed E-state index contributed by atoms with van der Waals surface area (Å²) in [5.41, 5.74) is 4.38. The van der Waals surface area contributed by atoms with Crippen molar-refractivity contribution in [2.75, 3.05) is 0 Å². The molecule has 0 bridgehead atoms. The maximum Gasteiger partial charge on any atom is -0.0198 e. The standard InChI is InChI=1S/C16H24/c1-4-6-7-12-15(10-5-2)16-13-9-8-11-14(16)3/h8-9,11-13H,4-7,10H2,1-3H3/b15-12-. The molecule has 1 aromatic carbocycles. The van der Waals surface area contributed by atoms with Gasteiger partial charge in [-0.15, -0.1) is 0 Å². The predicted molar refractivity (Wildman–Crippen MR) is 73.6 cm³/mol. The lowest BCUT2D eigenvalue weighted by atomic mass is 9.96. The SMILES string of the molecule is CCCC/C=C(/CCC)c1ccccc1C. The maximum absolute atomic E-state index is 2.44. The number of rotatable bonds is 6. The average molecular weight is 216 g/mol. The lowest BCUT2D eigenvalue weighted by Gasteiger charge is -2.10. The largest absolute Gasteiger partial charge is 0.0807 e. The molecule has 16 heavy (non-hydrogen) atoms. The summed E-state index contributed by atoms with van der Waals surface area (Å²) in [4.78, 5) is 0. The summed E-state index contributed by atoms with van der Waals surface area (Å²) >= 11 is 0. The van der Waals surface area contributed by atoms with Gasteiger partial charge in [0.2, 0.25) is 0 Å². The van der Waals surface area contributed by atoms with Gasteiger partial charge in [-0.3, -0.25) is 0 Å². The molecule has 0 aliphatic heterocycles. The van der Waals surface area contributed by atoms with E-state index in [-0.39, 0.29) is 0 Å². The Balaban J connectivity index is 2.84. The van der Waals surface area contributed by atoms with Gasteiger partial charge in [-0.05, 0) is 36.5 Å². The average Bonchev–Trinajstić information content (AvgIpc) is 2.29. The van der Waals surface area contributed by atoms with Crippen LogP contribution >= 0.6 is 0 Å². The second-order valence-corrected chi connectivity index (χ2v) is 4.44. The Morgan fingerprint density at radius 3 is 2.50 bits per heavy atom. The van der Waals surface area contributed by atoms with Crippen molar-refractivity contribution >= 4 is 5.57 Å². The van der Waals surface area contributed by atoms with Gasteiger partial charge in [0, 0.05) is 0 Å². The Hall–Kier alpha value is -1.04. The molecular formula is C16H24. The van der Waals surface area contributed by atoms with Gasteiger partial charge in [0.15, 0.2) is 0 Å². The Bertz CT molecular complexity index is 334. The summed E-state index contributed by atoms with van der Waals surface area (Å²) in [6, 6.07) is 8.72. The topological polar surface area (TPSA) is 0 Å². The second kappa shape index (κ2) is 7.27. The first-order valence-corrected chi connectivity index (χ1v) is 6.54. The molecule has 1 rings (SSSR count). The van der Waals surface area contributed by atoms with Crippen LogP contribution in [0.3, 0.4) is 0 Å². The number of hydrogen-bond donors (Lipinski definition) is 0. The van der Waals surface area contributed by atoms with Gasteiger partial charge in [0.25, 0.3) is 0 Å². The molecule has 1 aromatic rings. The summed E-state index contributed by atoms with van der Waals surface area (Å²) in [5.74, 6) is 0. The molecule has 88 valence electrons. The van der Waals surface area contributed by atoms with Crippen molar-refractivity contribution in [1.82, 2.24) is 0 Å². The molecule has 0 saturated heterocycles. The molecule has 0 fully saturated rings. The van der Waals surface area contributed by atoms with E-state index < -0.39 is 0 Å². The Morgan fingerprint density at radius 1 is 1.12 bits per heavy atom. The molecular weight excluding hydrogens is 192 g/mol. The quantitative estimate of drug-likeness (QED) is 0.561. The van der Waals surface area contributed by atoms with Crippen LogP contribution in [0, 0.1) is 6.92 Å². The van der Waals surface area contributed by atoms with Crippen LogP contribution in [0.2, 0.25) is 0 Å². The van der Waals surface area contributed by atoms with E-state index >= 15 is 0 Å². The van der Waals surface area contributed by atoms with Gasteiger partial charge >= 0.3 is 0 Å². The minimum absolute atomic E-state index is 1.20. The van der Waals surface area contributed by atoms with Crippen molar-refractivity contribution < 1.29 is 0 Å². The third kappa shape index (κ3) is 3.84. The number of hydrogen-bond acceptors (Lipinski definition) is 0. The van der Waals surface area contributed by atoms with Crippen LogP contribution < -0.4 is 0 Å². The molecule has 0 atom stereocenters. The fourth-order valence-corrected chi connectivity index (χ4v) is 2.03. The summed E-state index contributed by atoms with van der Waals surface area (Å²) in [6.07, 6.45) is 8.68. The molecule has 0 N–H and O–H groups in total.